The van der Waals surface area contributed by atoms with Crippen molar-refractivity contribution in [3.8, 4) is 0 Å². The van der Waals surface area contributed by atoms with Crippen LogP contribution in [0.1, 0.15) is 54.6 Å². The zero-order valence-corrected chi connectivity index (χ0v) is 18.0. The third-order valence-electron chi connectivity index (χ3n) is 6.27. The average molecular weight is 398 g/mol. The van der Waals surface area contributed by atoms with Gasteiger partial charge >= 0.3 is 0 Å². The first kappa shape index (κ1) is 18.5. The summed E-state index contributed by atoms with van der Waals surface area (Å²) in [5.74, 6) is 0. The molecule has 146 valence electrons. The van der Waals surface area contributed by atoms with Crippen LogP contribution in [0.4, 0.5) is 0 Å². The largest absolute Gasteiger partial charge is 0.334 e. The maximum Gasteiger partial charge on any atom is 0.0801 e. The molecule has 2 aliphatic rings. The first-order valence-corrected chi connectivity index (χ1v) is 11.4. The van der Waals surface area contributed by atoms with E-state index in [1.54, 1.807) is 0 Å². The van der Waals surface area contributed by atoms with E-state index in [1.165, 1.54) is 33.0 Å². The highest BCUT2D eigenvalue weighted by molar-refractivity contribution is 7.33. The van der Waals surface area contributed by atoms with Gasteiger partial charge in [-0.15, -0.1) is 0 Å². The van der Waals surface area contributed by atoms with Gasteiger partial charge in [0.25, 0.3) is 0 Å². The highest BCUT2D eigenvalue weighted by Gasteiger charge is 2.26. The fourth-order valence-corrected chi connectivity index (χ4v) is 5.71. The van der Waals surface area contributed by atoms with Crippen molar-refractivity contribution in [2.24, 2.45) is 0 Å². The van der Waals surface area contributed by atoms with Gasteiger partial charge in [-0.3, -0.25) is 0 Å². The molecule has 0 bridgehead atoms. The molecule has 29 heavy (non-hydrogen) atoms. The van der Waals surface area contributed by atoms with Crippen LogP contribution in [0.15, 0.2) is 79.1 Å². The Balaban J connectivity index is 1.38. The number of allylic oxidation sites excluding steroid dienone is 1. The second-order valence-electron chi connectivity index (χ2n) is 7.99. The third kappa shape index (κ3) is 3.36. The van der Waals surface area contributed by atoms with E-state index in [0.29, 0.717) is 21.0 Å². The van der Waals surface area contributed by atoms with Gasteiger partial charge < -0.3 is 9.34 Å². The molecule has 0 saturated carbocycles. The molecule has 2 nitrogen and oxygen atoms in total. The molecule has 1 heterocycles. The van der Waals surface area contributed by atoms with Gasteiger partial charge in [0.05, 0.1) is 21.0 Å². The number of fused-ring (bicyclic) bond motifs is 2. The molecule has 0 saturated heterocycles. The fraction of sp³-hybridized carbons (Fsp3) is 0.231. The standard InChI is InChI=1S/C26H27N2P/c1-19(23-15-7-11-21-9-3-5-13-25(21)23)27-17-18-28(29-27)20(2)24-16-8-12-22-10-4-6-14-26(22)24/h3,5-9,11-20,29H,4,10H2,1-2H3/t19-,20-/m0/s1. The fourth-order valence-electron chi connectivity index (χ4n) is 4.55. The van der Waals surface area contributed by atoms with Crippen molar-refractivity contribution >= 4 is 25.7 Å². The van der Waals surface area contributed by atoms with Gasteiger partial charge in [-0.1, -0.05) is 72.8 Å². The summed E-state index contributed by atoms with van der Waals surface area (Å²) in [4.78, 5) is 0. The number of hydrogen-bond acceptors (Lipinski definition) is 2. The molecule has 0 spiro atoms. The van der Waals surface area contributed by atoms with Crippen LogP contribution in [0.2, 0.25) is 0 Å². The molecule has 3 aromatic carbocycles. The van der Waals surface area contributed by atoms with E-state index in [4.69, 9.17) is 0 Å². The van der Waals surface area contributed by atoms with Crippen LogP contribution < -0.4 is 0 Å². The molecule has 0 N–H and O–H groups in total. The highest BCUT2D eigenvalue weighted by Crippen LogP contribution is 2.45. The number of nitrogens with zero attached hydrogens (tertiary/aromatic N) is 2. The number of benzene rings is 3. The summed E-state index contributed by atoms with van der Waals surface area (Å²) in [6.07, 6.45) is 11.5. The monoisotopic (exact) mass is 398 g/mol. The van der Waals surface area contributed by atoms with Crippen molar-refractivity contribution in [3.05, 3.63) is 101 Å². The molecule has 1 aliphatic heterocycles. The summed E-state index contributed by atoms with van der Waals surface area (Å²) in [7, 11) is 0.618. The van der Waals surface area contributed by atoms with Crippen LogP contribution in [0.3, 0.4) is 0 Å². The first-order chi connectivity index (χ1) is 14.2. The second-order valence-corrected chi connectivity index (χ2v) is 9.23. The van der Waals surface area contributed by atoms with Gasteiger partial charge in [0, 0.05) is 12.4 Å². The molecule has 3 heteroatoms. The highest BCUT2D eigenvalue weighted by atomic mass is 31.1. The first-order valence-electron chi connectivity index (χ1n) is 10.5. The van der Waals surface area contributed by atoms with Crippen LogP contribution in [-0.2, 0) is 6.42 Å². The van der Waals surface area contributed by atoms with Crippen molar-refractivity contribution in [2.45, 2.75) is 38.8 Å². The van der Waals surface area contributed by atoms with Gasteiger partial charge in [-0.05, 0) is 59.7 Å². The van der Waals surface area contributed by atoms with Crippen LogP contribution in [0, 0.1) is 0 Å². The maximum atomic E-state index is 2.49. The Hall–Kier alpha value is -2.57. The van der Waals surface area contributed by atoms with E-state index >= 15 is 0 Å². The molecule has 1 unspecified atom stereocenters. The Kier molecular flexibility index (Phi) is 4.89. The van der Waals surface area contributed by atoms with Crippen LogP contribution in [0.5, 0.6) is 0 Å². The Morgan fingerprint density at radius 3 is 2.34 bits per heavy atom. The summed E-state index contributed by atoms with van der Waals surface area (Å²) < 4.78 is 4.96. The van der Waals surface area contributed by atoms with E-state index in [0.717, 1.165) is 12.8 Å². The van der Waals surface area contributed by atoms with Crippen LogP contribution in [0.25, 0.3) is 16.8 Å². The molecular weight excluding hydrogens is 371 g/mol. The number of aryl methyl sites for hydroxylation is 1. The summed E-state index contributed by atoms with van der Waals surface area (Å²) in [6, 6.07) is 22.9. The van der Waals surface area contributed by atoms with Crippen molar-refractivity contribution in [3.63, 3.8) is 0 Å². The van der Waals surface area contributed by atoms with Crippen molar-refractivity contribution < 1.29 is 0 Å². The normalized spacial score (nSPS) is 18.4. The Labute approximate surface area is 175 Å². The summed E-state index contributed by atoms with van der Waals surface area (Å²) >= 11 is 0. The quantitative estimate of drug-likeness (QED) is 0.428. The van der Waals surface area contributed by atoms with E-state index in [2.05, 4.69) is 108 Å². The maximum absolute atomic E-state index is 2.49. The lowest BCUT2D eigenvalue weighted by molar-refractivity contribution is 0.460. The Morgan fingerprint density at radius 2 is 1.48 bits per heavy atom. The van der Waals surface area contributed by atoms with E-state index in [-0.39, 0.29) is 0 Å². The van der Waals surface area contributed by atoms with E-state index in [1.807, 2.05) is 0 Å². The smallest absolute Gasteiger partial charge is 0.0801 e. The van der Waals surface area contributed by atoms with E-state index in [9.17, 15) is 0 Å². The summed E-state index contributed by atoms with van der Waals surface area (Å²) in [5.41, 5.74) is 5.76. The van der Waals surface area contributed by atoms with Gasteiger partial charge in [0.1, 0.15) is 0 Å². The Morgan fingerprint density at radius 1 is 0.793 bits per heavy atom. The van der Waals surface area contributed by atoms with Crippen molar-refractivity contribution in [2.75, 3.05) is 0 Å². The summed E-state index contributed by atoms with van der Waals surface area (Å²) in [6.45, 7) is 4.65. The van der Waals surface area contributed by atoms with Gasteiger partial charge in [0.15, 0.2) is 0 Å². The summed E-state index contributed by atoms with van der Waals surface area (Å²) in [5, 5.41) is 2.67. The van der Waals surface area contributed by atoms with Crippen molar-refractivity contribution in [1.82, 2.24) is 9.34 Å². The molecule has 3 atom stereocenters. The predicted molar refractivity (Wildman–Crippen MR) is 126 cm³/mol. The lowest BCUT2D eigenvalue weighted by Crippen LogP contribution is -2.16. The predicted octanol–water partition coefficient (Wildman–Crippen LogP) is 7.22. The molecule has 3 aromatic rings. The molecular formula is C26H27N2P. The lowest BCUT2D eigenvalue weighted by Gasteiger charge is -2.31. The number of hydrogen-bond donors (Lipinski definition) is 0. The minimum absolute atomic E-state index is 0.345. The van der Waals surface area contributed by atoms with Gasteiger partial charge in [-0.2, -0.15) is 0 Å². The van der Waals surface area contributed by atoms with Crippen LogP contribution in [-0.4, -0.2) is 9.34 Å². The minimum atomic E-state index is 0.345. The molecule has 1 aliphatic carbocycles. The topological polar surface area (TPSA) is 6.48 Å². The van der Waals surface area contributed by atoms with E-state index < -0.39 is 0 Å². The lowest BCUT2D eigenvalue weighted by atomic mass is 9.90. The molecule has 0 amide bonds. The molecule has 0 fully saturated rings. The minimum Gasteiger partial charge on any atom is -0.334 e. The average Bonchev–Trinajstić information content (AvgIpc) is 3.28. The SMILES string of the molecule is C[C@@H](c1cccc2c1C=CCC2)N1C=CN([C@@H](C)c2cccc3ccccc23)P1. The van der Waals surface area contributed by atoms with Gasteiger partial charge in [-0.25, -0.2) is 0 Å². The molecule has 5 rings (SSSR count). The van der Waals surface area contributed by atoms with Gasteiger partial charge in [0.2, 0.25) is 0 Å². The van der Waals surface area contributed by atoms with Crippen molar-refractivity contribution in [1.29, 1.82) is 0 Å². The second kappa shape index (κ2) is 7.69. The van der Waals surface area contributed by atoms with Crippen LogP contribution >= 0.6 is 8.88 Å². The zero-order chi connectivity index (χ0) is 19.8. The number of rotatable bonds is 4. The third-order valence-corrected chi connectivity index (χ3v) is 7.81. The molecule has 0 radical (unpaired) electrons. The zero-order valence-electron chi connectivity index (χ0n) is 17.0. The molecule has 0 aromatic heterocycles. The Bertz CT molecular complexity index is 1100.